The molecular formula is C13H9ClN2O4. The highest BCUT2D eigenvalue weighted by atomic mass is 35.5. The number of fused-ring (bicyclic) bond motifs is 1. The second kappa shape index (κ2) is 4.97. The maximum Gasteiger partial charge on any atom is 0.345 e. The van der Waals surface area contributed by atoms with Gasteiger partial charge in [0.2, 0.25) is 5.88 Å². The Labute approximate surface area is 119 Å². The average Bonchev–Trinajstić information content (AvgIpc) is 2.85. The van der Waals surface area contributed by atoms with Gasteiger partial charge in [0.05, 0.1) is 6.20 Å². The van der Waals surface area contributed by atoms with Gasteiger partial charge < -0.3 is 14.6 Å². The van der Waals surface area contributed by atoms with Crippen molar-refractivity contribution in [1.82, 2.24) is 9.97 Å². The van der Waals surface area contributed by atoms with E-state index in [0.29, 0.717) is 17.9 Å². The van der Waals surface area contributed by atoms with E-state index in [2.05, 4.69) is 9.97 Å². The third kappa shape index (κ3) is 2.37. The molecule has 6 nitrogen and oxygen atoms in total. The average molecular weight is 293 g/mol. The lowest BCUT2D eigenvalue weighted by atomic mass is 10.1. The topological polar surface area (TPSA) is 81.5 Å². The Kier molecular flexibility index (Phi) is 3.15. The molecule has 2 heterocycles. The molecule has 102 valence electrons. The molecule has 0 bridgehead atoms. The second-order valence-corrected chi connectivity index (χ2v) is 4.60. The van der Waals surface area contributed by atoms with Gasteiger partial charge in [-0.2, -0.15) is 0 Å². The maximum absolute atomic E-state index is 10.9. The van der Waals surface area contributed by atoms with E-state index in [1.807, 2.05) is 0 Å². The zero-order valence-electron chi connectivity index (χ0n) is 10.1. The largest absolute Gasteiger partial charge is 0.478 e. The van der Waals surface area contributed by atoms with Gasteiger partial charge in [0.1, 0.15) is 22.8 Å². The van der Waals surface area contributed by atoms with Crippen LogP contribution in [0.25, 0.3) is 0 Å². The van der Waals surface area contributed by atoms with Gasteiger partial charge >= 0.3 is 5.97 Å². The number of aliphatic carboxylic acids is 1. The van der Waals surface area contributed by atoms with E-state index in [-0.39, 0.29) is 10.9 Å². The number of rotatable bonds is 3. The number of benzene rings is 1. The van der Waals surface area contributed by atoms with Crippen LogP contribution in [0.15, 0.2) is 30.7 Å². The minimum absolute atomic E-state index is 0.231. The zero-order chi connectivity index (χ0) is 14.1. The maximum atomic E-state index is 10.9. The monoisotopic (exact) mass is 292 g/mol. The van der Waals surface area contributed by atoms with Crippen molar-refractivity contribution >= 4 is 17.6 Å². The van der Waals surface area contributed by atoms with Crippen molar-refractivity contribution in [3.05, 3.63) is 41.3 Å². The molecule has 1 unspecified atom stereocenters. The first-order chi connectivity index (χ1) is 9.63. The van der Waals surface area contributed by atoms with Crippen LogP contribution in [0.2, 0.25) is 5.02 Å². The summed E-state index contributed by atoms with van der Waals surface area (Å²) >= 11 is 5.90. The van der Waals surface area contributed by atoms with E-state index >= 15 is 0 Å². The van der Waals surface area contributed by atoms with Gasteiger partial charge in [0.25, 0.3) is 0 Å². The highest BCUT2D eigenvalue weighted by molar-refractivity contribution is 6.31. The lowest BCUT2D eigenvalue weighted by molar-refractivity contribution is -0.144. The van der Waals surface area contributed by atoms with Gasteiger partial charge in [-0.05, 0) is 11.6 Å². The number of ether oxygens (including phenoxy) is 2. The minimum Gasteiger partial charge on any atom is -0.478 e. The second-order valence-electron chi connectivity index (χ2n) is 4.20. The van der Waals surface area contributed by atoms with Gasteiger partial charge in [-0.15, -0.1) is 0 Å². The first kappa shape index (κ1) is 12.7. The van der Waals surface area contributed by atoms with Gasteiger partial charge in [0.15, 0.2) is 6.10 Å². The number of carboxylic acid groups (broad SMARTS) is 1. The van der Waals surface area contributed by atoms with Gasteiger partial charge in [-0.1, -0.05) is 17.7 Å². The molecule has 1 aliphatic rings. The molecule has 2 aromatic rings. The zero-order valence-corrected chi connectivity index (χ0v) is 10.9. The van der Waals surface area contributed by atoms with E-state index in [9.17, 15) is 4.79 Å². The standard InChI is InChI=1S/C13H9ClN2O4/c14-9-5-15-6-16-12(9)19-8-2-1-7-3-11(13(17)18)20-10(7)4-8/h1-2,4-6,11H,3H2,(H,17,18). The van der Waals surface area contributed by atoms with Crippen LogP contribution < -0.4 is 9.47 Å². The van der Waals surface area contributed by atoms with Crippen LogP contribution in [-0.2, 0) is 11.2 Å². The fourth-order valence-electron chi connectivity index (χ4n) is 1.90. The van der Waals surface area contributed by atoms with E-state index < -0.39 is 12.1 Å². The Balaban J connectivity index is 1.83. The molecule has 1 aromatic carbocycles. The molecule has 20 heavy (non-hydrogen) atoms. The summed E-state index contributed by atoms with van der Waals surface area (Å²) in [5.74, 6) is 0.215. The molecule has 1 N–H and O–H groups in total. The van der Waals surface area contributed by atoms with Crippen LogP contribution in [-0.4, -0.2) is 27.1 Å². The summed E-state index contributed by atoms with van der Waals surface area (Å²) < 4.78 is 10.9. The Morgan fingerprint density at radius 2 is 2.35 bits per heavy atom. The van der Waals surface area contributed by atoms with Crippen molar-refractivity contribution in [2.24, 2.45) is 0 Å². The molecular weight excluding hydrogens is 284 g/mol. The Hall–Kier alpha value is -2.34. The van der Waals surface area contributed by atoms with Crippen LogP contribution in [0.4, 0.5) is 0 Å². The molecule has 7 heteroatoms. The van der Waals surface area contributed by atoms with Crippen LogP contribution in [0.5, 0.6) is 17.4 Å². The fraction of sp³-hybridized carbons (Fsp3) is 0.154. The molecule has 0 saturated heterocycles. The summed E-state index contributed by atoms with van der Waals surface area (Å²) in [5, 5.41) is 9.22. The highest BCUT2D eigenvalue weighted by Crippen LogP contribution is 2.34. The predicted molar refractivity (Wildman–Crippen MR) is 69.3 cm³/mol. The first-order valence-corrected chi connectivity index (χ1v) is 6.17. The molecule has 1 aromatic heterocycles. The van der Waals surface area contributed by atoms with Crippen molar-refractivity contribution < 1.29 is 19.4 Å². The number of aromatic nitrogens is 2. The summed E-state index contributed by atoms with van der Waals surface area (Å²) in [6.07, 6.45) is 2.25. The van der Waals surface area contributed by atoms with E-state index in [4.69, 9.17) is 26.2 Å². The predicted octanol–water partition coefficient (Wildman–Crippen LogP) is 2.31. The molecule has 0 aliphatic carbocycles. The minimum atomic E-state index is -0.984. The van der Waals surface area contributed by atoms with Crippen molar-refractivity contribution in [1.29, 1.82) is 0 Å². The highest BCUT2D eigenvalue weighted by Gasteiger charge is 2.29. The van der Waals surface area contributed by atoms with Crippen molar-refractivity contribution in [2.45, 2.75) is 12.5 Å². The smallest absolute Gasteiger partial charge is 0.345 e. The number of carboxylic acids is 1. The quantitative estimate of drug-likeness (QED) is 0.935. The number of nitrogens with zero attached hydrogens (tertiary/aromatic N) is 2. The van der Waals surface area contributed by atoms with Crippen molar-refractivity contribution in [2.75, 3.05) is 0 Å². The molecule has 3 rings (SSSR count). The summed E-state index contributed by atoms with van der Waals surface area (Å²) in [4.78, 5) is 18.6. The third-order valence-corrected chi connectivity index (χ3v) is 3.10. The van der Waals surface area contributed by atoms with E-state index in [1.54, 1.807) is 18.2 Å². The fourth-order valence-corrected chi connectivity index (χ4v) is 2.04. The van der Waals surface area contributed by atoms with E-state index in [1.165, 1.54) is 12.5 Å². The summed E-state index contributed by atoms with van der Waals surface area (Å²) in [7, 11) is 0. The van der Waals surface area contributed by atoms with Gasteiger partial charge in [-0.3, -0.25) is 0 Å². The van der Waals surface area contributed by atoms with Gasteiger partial charge in [-0.25, -0.2) is 14.8 Å². The van der Waals surface area contributed by atoms with Crippen molar-refractivity contribution in [3.63, 3.8) is 0 Å². The normalized spacial score (nSPS) is 16.4. The summed E-state index contributed by atoms with van der Waals surface area (Å²) in [5.41, 5.74) is 0.832. The lowest BCUT2D eigenvalue weighted by Crippen LogP contribution is -2.24. The third-order valence-electron chi connectivity index (χ3n) is 2.84. The Bertz CT molecular complexity index is 677. The van der Waals surface area contributed by atoms with E-state index in [0.717, 1.165) is 5.56 Å². The molecule has 0 saturated carbocycles. The van der Waals surface area contributed by atoms with Crippen LogP contribution in [0, 0.1) is 0 Å². The number of halogens is 1. The summed E-state index contributed by atoms with van der Waals surface area (Å²) in [6.45, 7) is 0. The molecule has 0 fully saturated rings. The van der Waals surface area contributed by atoms with Crippen LogP contribution in [0.1, 0.15) is 5.56 Å². The lowest BCUT2D eigenvalue weighted by Gasteiger charge is -2.07. The molecule has 0 amide bonds. The Morgan fingerprint density at radius 3 is 3.10 bits per heavy atom. The van der Waals surface area contributed by atoms with Crippen LogP contribution >= 0.6 is 11.6 Å². The molecule has 0 spiro atoms. The number of hydrogen-bond acceptors (Lipinski definition) is 5. The van der Waals surface area contributed by atoms with Crippen LogP contribution in [0.3, 0.4) is 0 Å². The first-order valence-electron chi connectivity index (χ1n) is 5.79. The number of hydrogen-bond donors (Lipinski definition) is 1. The molecule has 0 radical (unpaired) electrons. The Morgan fingerprint density at radius 1 is 1.50 bits per heavy atom. The van der Waals surface area contributed by atoms with Crippen molar-refractivity contribution in [3.8, 4) is 17.4 Å². The van der Waals surface area contributed by atoms with Gasteiger partial charge in [0, 0.05) is 12.5 Å². The SMILES string of the molecule is O=C(O)C1Cc2ccc(Oc3ncncc3Cl)cc2O1. The molecule has 1 aliphatic heterocycles. The number of carbonyl (C=O) groups is 1. The summed E-state index contributed by atoms with van der Waals surface area (Å²) in [6, 6.07) is 5.10. The molecule has 1 atom stereocenters.